The minimum atomic E-state index is -1.16. The fourth-order valence-electron chi connectivity index (χ4n) is 0.608. The van der Waals surface area contributed by atoms with Gasteiger partial charge in [0, 0.05) is 0 Å². The number of rotatable bonds is 5. The number of aldehydes is 1. The Hall–Kier alpha value is -1.47. The lowest BCUT2D eigenvalue weighted by molar-refractivity contribution is -0.121. The SMILES string of the molecule is NCC(N)=NC(C=O)C(N)C(N)=O. The summed E-state index contributed by atoms with van der Waals surface area (Å²) in [5.41, 5.74) is 20.5. The number of carbonyl (C=O) groups is 2. The number of nitrogens with two attached hydrogens (primary N) is 4. The van der Waals surface area contributed by atoms with E-state index in [2.05, 4.69) is 4.99 Å². The minimum absolute atomic E-state index is 0.00414. The molecule has 0 saturated heterocycles. The summed E-state index contributed by atoms with van der Waals surface area (Å²) in [6.45, 7) is -0.00414. The second kappa shape index (κ2) is 5.22. The molecule has 13 heavy (non-hydrogen) atoms. The molecule has 2 atom stereocenters. The number of primary amides is 1. The van der Waals surface area contributed by atoms with Crippen LogP contribution in [0.5, 0.6) is 0 Å². The highest BCUT2D eigenvalue weighted by Crippen LogP contribution is 1.92. The first kappa shape index (κ1) is 11.5. The van der Waals surface area contributed by atoms with E-state index in [1.807, 2.05) is 0 Å². The molecule has 1 amide bonds. The van der Waals surface area contributed by atoms with Gasteiger partial charge in [-0.25, -0.2) is 0 Å². The number of amides is 1. The Bertz CT molecular complexity index is 227. The van der Waals surface area contributed by atoms with E-state index in [-0.39, 0.29) is 12.4 Å². The summed E-state index contributed by atoms with van der Waals surface area (Å²) in [6.07, 6.45) is 0.401. The van der Waals surface area contributed by atoms with Gasteiger partial charge < -0.3 is 27.7 Å². The Morgan fingerprint density at radius 3 is 2.31 bits per heavy atom. The highest BCUT2D eigenvalue weighted by molar-refractivity contribution is 5.88. The number of nitrogens with zero attached hydrogens (tertiary/aromatic N) is 1. The van der Waals surface area contributed by atoms with Crippen molar-refractivity contribution in [2.45, 2.75) is 12.1 Å². The van der Waals surface area contributed by atoms with Gasteiger partial charge in [-0.3, -0.25) is 9.79 Å². The lowest BCUT2D eigenvalue weighted by atomic mass is 10.1. The largest absolute Gasteiger partial charge is 0.386 e. The van der Waals surface area contributed by atoms with Crippen molar-refractivity contribution in [3.63, 3.8) is 0 Å². The van der Waals surface area contributed by atoms with Gasteiger partial charge in [-0.1, -0.05) is 0 Å². The highest BCUT2D eigenvalue weighted by Gasteiger charge is 2.21. The summed E-state index contributed by atoms with van der Waals surface area (Å²) in [5.74, 6) is -0.764. The second-order valence-corrected chi connectivity index (χ2v) is 2.38. The average Bonchev–Trinajstić information content (AvgIpc) is 2.12. The van der Waals surface area contributed by atoms with Crippen LogP contribution < -0.4 is 22.9 Å². The van der Waals surface area contributed by atoms with Crippen molar-refractivity contribution in [3.8, 4) is 0 Å². The maximum absolute atomic E-state index is 10.6. The first-order chi connectivity index (χ1) is 6.02. The van der Waals surface area contributed by atoms with Gasteiger partial charge in [0.1, 0.15) is 24.2 Å². The molecule has 0 heterocycles. The first-order valence-corrected chi connectivity index (χ1v) is 3.55. The predicted octanol–water partition coefficient (Wildman–Crippen LogP) is -3.32. The lowest BCUT2D eigenvalue weighted by Crippen LogP contribution is -2.46. The van der Waals surface area contributed by atoms with E-state index in [1.165, 1.54) is 0 Å². The quantitative estimate of drug-likeness (QED) is 0.202. The number of carbonyl (C=O) groups excluding carboxylic acids is 2. The van der Waals surface area contributed by atoms with E-state index >= 15 is 0 Å². The van der Waals surface area contributed by atoms with Crippen molar-refractivity contribution in [1.29, 1.82) is 0 Å². The molecule has 0 aromatic carbocycles. The third-order valence-electron chi connectivity index (χ3n) is 1.36. The van der Waals surface area contributed by atoms with E-state index < -0.39 is 18.0 Å². The van der Waals surface area contributed by atoms with Gasteiger partial charge in [-0.15, -0.1) is 0 Å². The van der Waals surface area contributed by atoms with Crippen LogP contribution >= 0.6 is 0 Å². The van der Waals surface area contributed by atoms with Gasteiger partial charge in [-0.2, -0.15) is 0 Å². The van der Waals surface area contributed by atoms with Crippen LogP contribution in [0.2, 0.25) is 0 Å². The second-order valence-electron chi connectivity index (χ2n) is 2.38. The summed E-state index contributed by atoms with van der Waals surface area (Å²) in [5, 5.41) is 0. The third kappa shape index (κ3) is 3.63. The minimum Gasteiger partial charge on any atom is -0.386 e. The molecule has 0 spiro atoms. The van der Waals surface area contributed by atoms with E-state index in [9.17, 15) is 9.59 Å². The zero-order valence-corrected chi connectivity index (χ0v) is 7.01. The highest BCUT2D eigenvalue weighted by atomic mass is 16.1. The van der Waals surface area contributed by atoms with E-state index in [1.54, 1.807) is 0 Å². The molecule has 0 rings (SSSR count). The number of hydrogen-bond donors (Lipinski definition) is 4. The van der Waals surface area contributed by atoms with E-state index in [4.69, 9.17) is 22.9 Å². The van der Waals surface area contributed by atoms with Crippen LogP contribution in [0.25, 0.3) is 0 Å². The summed E-state index contributed by atoms with van der Waals surface area (Å²) < 4.78 is 0. The fraction of sp³-hybridized carbons (Fsp3) is 0.500. The maximum atomic E-state index is 10.6. The van der Waals surface area contributed by atoms with Crippen LogP contribution in [0.15, 0.2) is 4.99 Å². The number of amidine groups is 1. The van der Waals surface area contributed by atoms with Crippen molar-refractivity contribution in [3.05, 3.63) is 0 Å². The summed E-state index contributed by atoms with van der Waals surface area (Å²) in [7, 11) is 0. The summed E-state index contributed by atoms with van der Waals surface area (Å²) in [6, 6.07) is -2.22. The molecule has 7 nitrogen and oxygen atoms in total. The maximum Gasteiger partial charge on any atom is 0.237 e. The molecular weight excluding hydrogens is 174 g/mol. The number of aliphatic imine (C=N–C) groups is 1. The molecule has 74 valence electrons. The zero-order chi connectivity index (χ0) is 10.4. The molecule has 0 aliphatic rings. The van der Waals surface area contributed by atoms with Crippen molar-refractivity contribution in [1.82, 2.24) is 0 Å². The van der Waals surface area contributed by atoms with Crippen LogP contribution in [-0.4, -0.2) is 36.7 Å². The van der Waals surface area contributed by atoms with Crippen molar-refractivity contribution >= 4 is 18.0 Å². The Balaban J connectivity index is 4.51. The van der Waals surface area contributed by atoms with Crippen molar-refractivity contribution < 1.29 is 9.59 Å². The smallest absolute Gasteiger partial charge is 0.237 e. The van der Waals surface area contributed by atoms with E-state index in [0.717, 1.165) is 0 Å². The third-order valence-corrected chi connectivity index (χ3v) is 1.36. The van der Waals surface area contributed by atoms with Gasteiger partial charge >= 0.3 is 0 Å². The van der Waals surface area contributed by atoms with Crippen LogP contribution in [-0.2, 0) is 9.59 Å². The Kier molecular flexibility index (Phi) is 4.63. The van der Waals surface area contributed by atoms with Crippen LogP contribution in [0.4, 0.5) is 0 Å². The van der Waals surface area contributed by atoms with Crippen LogP contribution in [0.1, 0.15) is 0 Å². The molecule has 0 saturated carbocycles. The van der Waals surface area contributed by atoms with Crippen LogP contribution in [0, 0.1) is 0 Å². The van der Waals surface area contributed by atoms with Gasteiger partial charge in [0.25, 0.3) is 0 Å². The van der Waals surface area contributed by atoms with Gasteiger partial charge in [0.2, 0.25) is 5.91 Å². The summed E-state index contributed by atoms with van der Waals surface area (Å²) >= 11 is 0. The summed E-state index contributed by atoms with van der Waals surface area (Å²) in [4.78, 5) is 24.6. The first-order valence-electron chi connectivity index (χ1n) is 3.55. The topological polar surface area (TPSA) is 151 Å². The lowest BCUT2D eigenvalue weighted by Gasteiger charge is -2.11. The molecule has 0 aliphatic heterocycles. The molecule has 0 aliphatic carbocycles. The molecule has 0 radical (unpaired) electrons. The molecule has 0 bridgehead atoms. The number of hydrogen-bond acceptors (Lipinski definition) is 5. The molecular formula is C6H13N5O2. The van der Waals surface area contributed by atoms with Crippen molar-refractivity contribution in [2.24, 2.45) is 27.9 Å². The molecule has 8 N–H and O–H groups in total. The van der Waals surface area contributed by atoms with Crippen LogP contribution in [0.3, 0.4) is 0 Å². The Morgan fingerprint density at radius 2 is 2.00 bits per heavy atom. The predicted molar refractivity (Wildman–Crippen MR) is 47.7 cm³/mol. The normalized spacial score (nSPS) is 16.3. The molecule has 0 aromatic heterocycles. The standard InChI is InChI=1S/C6H13N5O2/c7-1-4(8)11-3(2-12)5(9)6(10)13/h2-3,5H,1,7,9H2,(H2,8,11)(H2,10,13). The van der Waals surface area contributed by atoms with Gasteiger partial charge in [-0.05, 0) is 0 Å². The Labute approximate surface area is 75.1 Å². The average molecular weight is 187 g/mol. The van der Waals surface area contributed by atoms with Gasteiger partial charge in [0.15, 0.2) is 0 Å². The molecule has 0 aromatic rings. The zero-order valence-electron chi connectivity index (χ0n) is 7.01. The van der Waals surface area contributed by atoms with E-state index in [0.29, 0.717) is 6.29 Å². The fourth-order valence-corrected chi connectivity index (χ4v) is 0.608. The Morgan fingerprint density at radius 1 is 1.46 bits per heavy atom. The molecule has 0 fully saturated rings. The molecule has 7 heteroatoms. The van der Waals surface area contributed by atoms with Crippen molar-refractivity contribution in [2.75, 3.05) is 6.54 Å². The van der Waals surface area contributed by atoms with Gasteiger partial charge in [0.05, 0.1) is 6.54 Å². The molecule has 2 unspecified atom stereocenters. The monoisotopic (exact) mass is 187 g/mol.